The number of hydrogen-bond acceptors (Lipinski definition) is 0. The maximum absolute atomic E-state index is 13.0. The molecule has 1 atom stereocenters. The summed E-state index contributed by atoms with van der Waals surface area (Å²) in [5.74, 6) is -0.900. The second-order valence-electron chi connectivity index (χ2n) is 3.92. The third kappa shape index (κ3) is 2.97. The summed E-state index contributed by atoms with van der Waals surface area (Å²) in [4.78, 5) is 0. The first-order chi connectivity index (χ1) is 7.36. The number of halogens is 4. The highest BCUT2D eigenvalue weighted by Crippen LogP contribution is 2.36. The van der Waals surface area contributed by atoms with Crippen molar-refractivity contribution in [2.24, 2.45) is 0 Å². The smallest absolute Gasteiger partial charge is 0.207 e. The molecule has 1 rings (SSSR count). The minimum Gasteiger partial charge on any atom is -0.207 e. The summed E-state index contributed by atoms with van der Waals surface area (Å²) < 4.78 is 50.9. The van der Waals surface area contributed by atoms with Gasteiger partial charge in [-0.15, -0.1) is 0 Å². The Morgan fingerprint density at radius 2 is 1.88 bits per heavy atom. The highest BCUT2D eigenvalue weighted by molar-refractivity contribution is 5.33. The molecule has 0 N–H and O–H groups in total. The lowest BCUT2D eigenvalue weighted by Crippen LogP contribution is -2.11. The topological polar surface area (TPSA) is 0 Å². The van der Waals surface area contributed by atoms with Gasteiger partial charge in [-0.05, 0) is 36.1 Å². The molecule has 0 aromatic heterocycles. The van der Waals surface area contributed by atoms with Crippen molar-refractivity contribution >= 4 is 0 Å². The van der Waals surface area contributed by atoms with Gasteiger partial charge in [-0.25, -0.2) is 4.39 Å². The minimum absolute atomic E-state index is 0.0503. The molecule has 0 aliphatic rings. The third-order valence-electron chi connectivity index (χ3n) is 2.57. The normalized spacial score (nSPS) is 13.9. The second kappa shape index (κ2) is 4.85. The predicted molar refractivity (Wildman–Crippen MR) is 54.7 cm³/mol. The van der Waals surface area contributed by atoms with E-state index >= 15 is 0 Å². The highest BCUT2D eigenvalue weighted by atomic mass is 19.4. The number of alkyl halides is 3. The zero-order valence-electron chi connectivity index (χ0n) is 9.24. The Kier molecular flexibility index (Phi) is 3.94. The van der Waals surface area contributed by atoms with Crippen LogP contribution in [0.3, 0.4) is 0 Å². The Morgan fingerprint density at radius 3 is 2.38 bits per heavy atom. The Bertz CT molecular complexity index is 355. The number of benzene rings is 1. The average Bonchev–Trinajstić information content (AvgIpc) is 2.16. The van der Waals surface area contributed by atoms with Crippen LogP contribution in [-0.2, 0) is 6.18 Å². The molecule has 16 heavy (non-hydrogen) atoms. The van der Waals surface area contributed by atoms with Crippen molar-refractivity contribution in [3.8, 4) is 0 Å². The zero-order chi connectivity index (χ0) is 12.3. The highest BCUT2D eigenvalue weighted by Gasteiger charge is 2.34. The van der Waals surface area contributed by atoms with Crippen LogP contribution in [0.5, 0.6) is 0 Å². The van der Waals surface area contributed by atoms with Gasteiger partial charge in [0.25, 0.3) is 0 Å². The van der Waals surface area contributed by atoms with Crippen LogP contribution in [-0.4, -0.2) is 0 Å². The van der Waals surface area contributed by atoms with Gasteiger partial charge >= 0.3 is 6.18 Å². The van der Waals surface area contributed by atoms with Gasteiger partial charge in [0, 0.05) is 0 Å². The molecule has 4 heteroatoms. The Morgan fingerprint density at radius 1 is 1.25 bits per heavy atom. The molecule has 1 unspecified atom stereocenters. The van der Waals surface area contributed by atoms with E-state index < -0.39 is 17.6 Å². The van der Waals surface area contributed by atoms with E-state index in [1.807, 2.05) is 6.92 Å². The zero-order valence-corrected chi connectivity index (χ0v) is 9.24. The molecule has 0 amide bonds. The van der Waals surface area contributed by atoms with Gasteiger partial charge in [-0.1, -0.05) is 20.3 Å². The van der Waals surface area contributed by atoms with Gasteiger partial charge in [0.1, 0.15) is 5.82 Å². The van der Waals surface area contributed by atoms with Gasteiger partial charge in [-0.2, -0.15) is 13.2 Å². The van der Waals surface area contributed by atoms with E-state index in [2.05, 4.69) is 0 Å². The lowest BCUT2D eigenvalue weighted by molar-refractivity contribution is -0.138. The van der Waals surface area contributed by atoms with Crippen molar-refractivity contribution in [2.75, 3.05) is 0 Å². The van der Waals surface area contributed by atoms with E-state index in [9.17, 15) is 17.6 Å². The summed E-state index contributed by atoms with van der Waals surface area (Å²) in [6.45, 7) is 3.58. The fraction of sp³-hybridized carbons (Fsp3) is 0.500. The van der Waals surface area contributed by atoms with Gasteiger partial charge in [-0.3, -0.25) is 0 Å². The maximum Gasteiger partial charge on any atom is 0.416 e. The maximum atomic E-state index is 13.0. The van der Waals surface area contributed by atoms with Crippen LogP contribution in [0.25, 0.3) is 0 Å². The summed E-state index contributed by atoms with van der Waals surface area (Å²) in [6, 6.07) is 2.66. The quantitative estimate of drug-likeness (QED) is 0.662. The standard InChI is InChI=1S/C12H14F4/c1-3-4-8(2)10-7-9(13)5-6-11(10)12(14,15)16/h5-8H,3-4H2,1-2H3. The number of hydrogen-bond donors (Lipinski definition) is 0. The van der Waals surface area contributed by atoms with Crippen LogP contribution in [0.4, 0.5) is 17.6 Å². The largest absolute Gasteiger partial charge is 0.416 e. The van der Waals surface area contributed by atoms with Crippen LogP contribution in [0.1, 0.15) is 43.7 Å². The van der Waals surface area contributed by atoms with Crippen LogP contribution >= 0.6 is 0 Å². The second-order valence-corrected chi connectivity index (χ2v) is 3.92. The molecule has 0 nitrogen and oxygen atoms in total. The first-order valence-corrected chi connectivity index (χ1v) is 5.23. The molecule has 0 heterocycles. The third-order valence-corrected chi connectivity index (χ3v) is 2.57. The first-order valence-electron chi connectivity index (χ1n) is 5.23. The monoisotopic (exact) mass is 234 g/mol. The molecule has 1 aromatic rings. The molecule has 1 aromatic carbocycles. The molecule has 0 radical (unpaired) electrons. The van der Waals surface area contributed by atoms with Crippen molar-refractivity contribution in [2.45, 2.75) is 38.8 Å². The molecular formula is C12H14F4. The molecule has 0 saturated heterocycles. The Hall–Kier alpha value is -1.06. The summed E-state index contributed by atoms with van der Waals surface area (Å²) in [7, 11) is 0. The van der Waals surface area contributed by atoms with Crippen molar-refractivity contribution in [3.05, 3.63) is 35.1 Å². The van der Waals surface area contributed by atoms with Gasteiger partial charge in [0.15, 0.2) is 0 Å². The molecule has 0 saturated carbocycles. The van der Waals surface area contributed by atoms with Gasteiger partial charge in [0.05, 0.1) is 5.56 Å². The van der Waals surface area contributed by atoms with E-state index in [1.165, 1.54) is 0 Å². The molecule has 0 aliphatic heterocycles. The predicted octanol–water partition coefficient (Wildman–Crippen LogP) is 4.75. The molecule has 90 valence electrons. The molecule has 0 spiro atoms. The lowest BCUT2D eigenvalue weighted by atomic mass is 9.92. The van der Waals surface area contributed by atoms with E-state index in [1.54, 1.807) is 6.92 Å². The van der Waals surface area contributed by atoms with Crippen LogP contribution in [0.2, 0.25) is 0 Å². The van der Waals surface area contributed by atoms with E-state index in [-0.39, 0.29) is 11.5 Å². The van der Waals surface area contributed by atoms with Crippen molar-refractivity contribution in [1.29, 1.82) is 0 Å². The molecular weight excluding hydrogens is 220 g/mol. The van der Waals surface area contributed by atoms with Gasteiger partial charge in [0.2, 0.25) is 0 Å². The molecule has 0 fully saturated rings. The Balaban J connectivity index is 3.18. The van der Waals surface area contributed by atoms with Crippen LogP contribution in [0, 0.1) is 5.82 Å². The van der Waals surface area contributed by atoms with Crippen LogP contribution in [0.15, 0.2) is 18.2 Å². The summed E-state index contributed by atoms with van der Waals surface area (Å²) in [5.41, 5.74) is -0.677. The SMILES string of the molecule is CCCC(C)c1cc(F)ccc1C(F)(F)F. The van der Waals surface area contributed by atoms with Crippen molar-refractivity contribution in [3.63, 3.8) is 0 Å². The summed E-state index contributed by atoms with van der Waals surface area (Å²) in [5, 5.41) is 0. The first kappa shape index (κ1) is 13.0. The van der Waals surface area contributed by atoms with Crippen LogP contribution < -0.4 is 0 Å². The van der Waals surface area contributed by atoms with E-state index in [0.29, 0.717) is 6.42 Å². The van der Waals surface area contributed by atoms with E-state index in [4.69, 9.17) is 0 Å². The molecule has 0 aliphatic carbocycles. The van der Waals surface area contributed by atoms with Crippen molar-refractivity contribution < 1.29 is 17.6 Å². The molecule has 0 bridgehead atoms. The summed E-state index contributed by atoms with van der Waals surface area (Å²) >= 11 is 0. The lowest BCUT2D eigenvalue weighted by Gasteiger charge is -2.17. The fourth-order valence-electron chi connectivity index (χ4n) is 1.79. The average molecular weight is 234 g/mol. The minimum atomic E-state index is -4.41. The van der Waals surface area contributed by atoms with Crippen molar-refractivity contribution in [1.82, 2.24) is 0 Å². The van der Waals surface area contributed by atoms with E-state index in [0.717, 1.165) is 24.6 Å². The summed E-state index contributed by atoms with van der Waals surface area (Å²) in [6.07, 6.45) is -3.02. The van der Waals surface area contributed by atoms with Gasteiger partial charge < -0.3 is 0 Å². The Labute approximate surface area is 92.3 Å². The fourth-order valence-corrected chi connectivity index (χ4v) is 1.79. The number of rotatable bonds is 3.